The Morgan fingerprint density at radius 3 is 2.62 bits per heavy atom. The number of nitro groups is 1. The molecule has 6 heteroatoms. The van der Waals surface area contributed by atoms with Crippen molar-refractivity contribution in [1.29, 1.82) is 0 Å². The number of carbonyl (C=O) groups is 1. The zero-order valence-corrected chi connectivity index (χ0v) is 8.77. The van der Waals surface area contributed by atoms with E-state index in [4.69, 9.17) is 4.74 Å². The molecular weight excluding hydrogens is 217 g/mol. The van der Waals surface area contributed by atoms with E-state index < -0.39 is 28.5 Å². The predicted molar refractivity (Wildman–Crippen MR) is 53.2 cm³/mol. The van der Waals surface area contributed by atoms with Gasteiger partial charge in [-0.25, -0.2) is 0 Å². The fourth-order valence-electron chi connectivity index (χ4n) is 1.24. The Kier molecular flexibility index (Phi) is 3.55. The Morgan fingerprint density at radius 1 is 1.56 bits per heavy atom. The Balaban J connectivity index is 2.96. The molecule has 16 heavy (non-hydrogen) atoms. The SMILES string of the molecule is CC(=O)OC(C)c1ccc([N+](=O)[O-])c(F)c1. The first-order valence-electron chi connectivity index (χ1n) is 4.53. The molecule has 0 fully saturated rings. The minimum Gasteiger partial charge on any atom is -0.458 e. The summed E-state index contributed by atoms with van der Waals surface area (Å²) in [6.07, 6.45) is -0.632. The monoisotopic (exact) mass is 227 g/mol. The lowest BCUT2D eigenvalue weighted by Crippen LogP contribution is -2.05. The van der Waals surface area contributed by atoms with Gasteiger partial charge < -0.3 is 4.74 Å². The van der Waals surface area contributed by atoms with Crippen LogP contribution in [0.25, 0.3) is 0 Å². The number of halogens is 1. The minimum absolute atomic E-state index is 0.373. The molecule has 0 heterocycles. The smallest absolute Gasteiger partial charge is 0.304 e. The zero-order valence-electron chi connectivity index (χ0n) is 8.77. The van der Waals surface area contributed by atoms with E-state index in [1.807, 2.05) is 0 Å². The summed E-state index contributed by atoms with van der Waals surface area (Å²) in [7, 11) is 0. The van der Waals surface area contributed by atoms with Crippen LogP contribution in [0.2, 0.25) is 0 Å². The van der Waals surface area contributed by atoms with Gasteiger partial charge in [-0.3, -0.25) is 14.9 Å². The Hall–Kier alpha value is -1.98. The van der Waals surface area contributed by atoms with E-state index in [0.717, 1.165) is 12.1 Å². The quantitative estimate of drug-likeness (QED) is 0.451. The van der Waals surface area contributed by atoms with Gasteiger partial charge in [0.2, 0.25) is 5.82 Å². The number of rotatable bonds is 3. The molecule has 0 aliphatic rings. The van der Waals surface area contributed by atoms with Crippen LogP contribution in [0.3, 0.4) is 0 Å². The van der Waals surface area contributed by atoms with Crippen LogP contribution < -0.4 is 0 Å². The zero-order chi connectivity index (χ0) is 12.3. The first-order chi connectivity index (χ1) is 7.41. The van der Waals surface area contributed by atoms with Crippen LogP contribution in [0, 0.1) is 15.9 Å². The van der Waals surface area contributed by atoms with Crippen LogP contribution in [0.4, 0.5) is 10.1 Å². The number of esters is 1. The van der Waals surface area contributed by atoms with Gasteiger partial charge in [0.1, 0.15) is 6.10 Å². The van der Waals surface area contributed by atoms with E-state index in [1.165, 1.54) is 13.0 Å². The largest absolute Gasteiger partial charge is 0.458 e. The molecule has 1 aromatic carbocycles. The van der Waals surface area contributed by atoms with Gasteiger partial charge in [-0.1, -0.05) is 0 Å². The molecule has 0 N–H and O–H groups in total. The Labute approximate surface area is 91.0 Å². The lowest BCUT2D eigenvalue weighted by atomic mass is 10.1. The van der Waals surface area contributed by atoms with Crippen LogP contribution >= 0.6 is 0 Å². The highest BCUT2D eigenvalue weighted by molar-refractivity contribution is 5.66. The first-order valence-corrected chi connectivity index (χ1v) is 4.53. The highest BCUT2D eigenvalue weighted by Crippen LogP contribution is 2.23. The van der Waals surface area contributed by atoms with E-state index in [1.54, 1.807) is 6.92 Å². The first kappa shape index (κ1) is 12.1. The number of nitrogens with zero attached hydrogens (tertiary/aromatic N) is 1. The summed E-state index contributed by atoms with van der Waals surface area (Å²) in [6, 6.07) is 3.39. The molecule has 0 spiro atoms. The van der Waals surface area contributed by atoms with Gasteiger partial charge in [-0.2, -0.15) is 4.39 Å². The van der Waals surface area contributed by atoms with Crippen LogP contribution in [0.1, 0.15) is 25.5 Å². The average Bonchev–Trinajstić information content (AvgIpc) is 2.15. The van der Waals surface area contributed by atoms with Gasteiger partial charge >= 0.3 is 11.7 Å². The Bertz CT molecular complexity index is 433. The second kappa shape index (κ2) is 4.69. The topological polar surface area (TPSA) is 69.4 Å². The second-order valence-electron chi connectivity index (χ2n) is 3.22. The van der Waals surface area contributed by atoms with Crippen LogP contribution in [-0.4, -0.2) is 10.9 Å². The maximum Gasteiger partial charge on any atom is 0.304 e. The van der Waals surface area contributed by atoms with Crippen LogP contribution in [-0.2, 0) is 9.53 Å². The Morgan fingerprint density at radius 2 is 2.19 bits per heavy atom. The normalized spacial score (nSPS) is 11.9. The van der Waals surface area contributed by atoms with Crippen LogP contribution in [0.15, 0.2) is 18.2 Å². The van der Waals surface area contributed by atoms with E-state index in [9.17, 15) is 19.3 Å². The van der Waals surface area contributed by atoms with Crippen molar-refractivity contribution in [2.24, 2.45) is 0 Å². The maximum atomic E-state index is 13.2. The van der Waals surface area contributed by atoms with Gasteiger partial charge in [-0.15, -0.1) is 0 Å². The van der Waals surface area contributed by atoms with E-state index in [0.29, 0.717) is 5.56 Å². The molecule has 1 aromatic rings. The molecule has 0 bridgehead atoms. The van der Waals surface area contributed by atoms with E-state index in [-0.39, 0.29) is 0 Å². The third-order valence-electron chi connectivity index (χ3n) is 1.98. The number of hydrogen-bond donors (Lipinski definition) is 0. The summed E-state index contributed by atoms with van der Waals surface area (Å²) in [5.74, 6) is -1.44. The number of ether oxygens (including phenoxy) is 1. The standard InChI is InChI=1S/C10H10FNO4/c1-6(16-7(2)13)8-3-4-10(12(14)15)9(11)5-8/h3-6H,1-2H3. The fourth-order valence-corrected chi connectivity index (χ4v) is 1.24. The summed E-state index contributed by atoms with van der Waals surface area (Å²) in [6.45, 7) is 2.79. The molecule has 1 rings (SSSR count). The molecule has 1 unspecified atom stereocenters. The van der Waals surface area contributed by atoms with Crippen molar-refractivity contribution < 1.29 is 18.8 Å². The van der Waals surface area contributed by atoms with Gasteiger partial charge in [0.05, 0.1) is 4.92 Å². The molecule has 0 radical (unpaired) electrons. The molecule has 0 saturated heterocycles. The van der Waals surface area contributed by atoms with Gasteiger partial charge in [-0.05, 0) is 24.6 Å². The number of nitro benzene ring substituents is 1. The van der Waals surface area contributed by atoms with E-state index >= 15 is 0 Å². The predicted octanol–water partition coefficient (Wildman–Crippen LogP) is 2.36. The molecule has 0 saturated carbocycles. The molecule has 86 valence electrons. The molecule has 0 aliphatic carbocycles. The molecular formula is C10H10FNO4. The summed E-state index contributed by atoms with van der Waals surface area (Å²) < 4.78 is 18.0. The third kappa shape index (κ3) is 2.75. The van der Waals surface area contributed by atoms with Crippen molar-refractivity contribution in [3.63, 3.8) is 0 Å². The van der Waals surface area contributed by atoms with E-state index in [2.05, 4.69) is 0 Å². The van der Waals surface area contributed by atoms with Crippen molar-refractivity contribution >= 4 is 11.7 Å². The molecule has 5 nitrogen and oxygen atoms in total. The summed E-state index contributed by atoms with van der Waals surface area (Å²) in [4.78, 5) is 20.2. The lowest BCUT2D eigenvalue weighted by molar-refractivity contribution is -0.387. The number of carbonyl (C=O) groups excluding carboxylic acids is 1. The highest BCUT2D eigenvalue weighted by atomic mass is 19.1. The number of hydrogen-bond acceptors (Lipinski definition) is 4. The maximum absolute atomic E-state index is 13.2. The van der Waals surface area contributed by atoms with Gasteiger partial charge in [0, 0.05) is 13.0 Å². The van der Waals surface area contributed by atoms with Crippen LogP contribution in [0.5, 0.6) is 0 Å². The number of benzene rings is 1. The summed E-state index contributed by atoms with van der Waals surface area (Å²) >= 11 is 0. The van der Waals surface area contributed by atoms with Crippen molar-refractivity contribution in [1.82, 2.24) is 0 Å². The minimum atomic E-state index is -0.943. The highest BCUT2D eigenvalue weighted by Gasteiger charge is 2.17. The molecule has 0 aromatic heterocycles. The average molecular weight is 227 g/mol. The molecule has 0 aliphatic heterocycles. The van der Waals surface area contributed by atoms with Gasteiger partial charge in [0.25, 0.3) is 0 Å². The molecule has 0 amide bonds. The summed E-state index contributed by atoms with van der Waals surface area (Å²) in [5, 5.41) is 10.4. The third-order valence-corrected chi connectivity index (χ3v) is 1.98. The summed E-state index contributed by atoms with van der Waals surface area (Å²) in [5.41, 5.74) is -0.225. The van der Waals surface area contributed by atoms with Crippen molar-refractivity contribution in [2.45, 2.75) is 20.0 Å². The van der Waals surface area contributed by atoms with Crippen molar-refractivity contribution in [3.05, 3.63) is 39.7 Å². The second-order valence-corrected chi connectivity index (χ2v) is 3.22. The van der Waals surface area contributed by atoms with Crippen molar-refractivity contribution in [2.75, 3.05) is 0 Å². The van der Waals surface area contributed by atoms with Gasteiger partial charge in [0.15, 0.2) is 0 Å². The lowest BCUT2D eigenvalue weighted by Gasteiger charge is -2.11. The van der Waals surface area contributed by atoms with Crippen molar-refractivity contribution in [3.8, 4) is 0 Å². The fraction of sp³-hybridized carbons (Fsp3) is 0.300. The molecule has 1 atom stereocenters.